The Labute approximate surface area is 272 Å². The largest absolute Gasteiger partial charge is 0.467 e. The topological polar surface area (TPSA) is 178 Å². The lowest BCUT2D eigenvalue weighted by atomic mass is 9.90. The third-order valence-electron chi connectivity index (χ3n) is 8.55. The third kappa shape index (κ3) is 7.70. The van der Waals surface area contributed by atoms with Crippen LogP contribution in [0.15, 0.2) is 61.3 Å². The first-order valence-electron chi connectivity index (χ1n) is 15.8. The molecule has 0 atom stereocenters. The molecule has 2 fully saturated rings. The third-order valence-corrected chi connectivity index (χ3v) is 8.55. The highest BCUT2D eigenvalue weighted by Crippen LogP contribution is 2.29. The van der Waals surface area contributed by atoms with E-state index >= 15 is 0 Å². The molecule has 0 bridgehead atoms. The lowest BCUT2D eigenvalue weighted by molar-refractivity contribution is 0.145. The molecule has 3 N–H and O–H groups in total. The fourth-order valence-electron chi connectivity index (χ4n) is 5.94. The Hall–Kier alpha value is -5.42. The van der Waals surface area contributed by atoms with Crippen LogP contribution < -0.4 is 25.2 Å². The van der Waals surface area contributed by atoms with Crippen molar-refractivity contribution in [1.82, 2.24) is 35.2 Å². The number of aliphatic hydroxyl groups excluding tert-OH is 1. The maximum Gasteiger partial charge on any atom is 0.324 e. The number of nitriles is 1. The number of carbonyl (C=O) groups excluding carboxylic acids is 1. The Kier molecular flexibility index (Phi) is 9.93. The van der Waals surface area contributed by atoms with Crippen LogP contribution in [0.2, 0.25) is 0 Å². The van der Waals surface area contributed by atoms with Gasteiger partial charge in [-0.15, -0.1) is 0 Å². The number of anilines is 3. The summed E-state index contributed by atoms with van der Waals surface area (Å²) in [5.41, 5.74) is 2.86. The number of methoxy groups -OCH3 is 1. The molecule has 14 heteroatoms. The summed E-state index contributed by atoms with van der Waals surface area (Å²) in [6, 6.07) is 11.9. The number of nitrogens with zero attached hydrogens (tertiary/aromatic N) is 9. The Balaban J connectivity index is 1.15. The number of piperidine rings is 1. The van der Waals surface area contributed by atoms with Gasteiger partial charge in [-0.2, -0.15) is 10.2 Å². The molecule has 242 valence electrons. The van der Waals surface area contributed by atoms with Gasteiger partial charge in [-0.25, -0.2) is 29.7 Å². The predicted octanol–water partition coefficient (Wildman–Crippen LogP) is 3.70. The second-order valence-electron chi connectivity index (χ2n) is 11.7. The van der Waals surface area contributed by atoms with Crippen molar-refractivity contribution in [3.63, 3.8) is 0 Å². The van der Waals surface area contributed by atoms with Gasteiger partial charge in [-0.1, -0.05) is 30.3 Å². The number of ether oxygens (including phenoxy) is 1. The molecular weight excluding hydrogens is 598 g/mol. The zero-order valence-corrected chi connectivity index (χ0v) is 26.2. The number of aromatic nitrogens is 6. The van der Waals surface area contributed by atoms with Crippen molar-refractivity contribution in [3.05, 3.63) is 72.4 Å². The Morgan fingerprint density at radius 2 is 1.62 bits per heavy atom. The van der Waals surface area contributed by atoms with Gasteiger partial charge in [0.2, 0.25) is 11.9 Å². The Morgan fingerprint density at radius 3 is 2.26 bits per heavy atom. The molecule has 0 radical (unpaired) electrons. The SMILES string of the molecule is COc1ncc(-c2cnc(N(C(=O)NCc3ccccc3)[C@H]3CC[C@H](Nc4ncc(C#N)c(N5CCC(O)CC5)n4)CC3)nc2)cn1. The second-order valence-corrected chi connectivity index (χ2v) is 11.7. The van der Waals surface area contributed by atoms with E-state index in [0.29, 0.717) is 68.6 Å². The highest BCUT2D eigenvalue weighted by Gasteiger charge is 2.32. The van der Waals surface area contributed by atoms with E-state index < -0.39 is 0 Å². The first-order chi connectivity index (χ1) is 23.0. The molecule has 14 nitrogen and oxygen atoms in total. The summed E-state index contributed by atoms with van der Waals surface area (Å²) in [6.45, 7) is 1.65. The minimum Gasteiger partial charge on any atom is -0.467 e. The zero-order chi connectivity index (χ0) is 32.6. The number of urea groups is 1. The molecule has 2 amide bonds. The number of carbonyl (C=O) groups is 1. The molecule has 3 aromatic heterocycles. The molecule has 6 rings (SSSR count). The maximum absolute atomic E-state index is 13.7. The van der Waals surface area contributed by atoms with Crippen LogP contribution in [0.1, 0.15) is 49.7 Å². The highest BCUT2D eigenvalue weighted by molar-refractivity contribution is 5.90. The summed E-state index contributed by atoms with van der Waals surface area (Å²) >= 11 is 0. The van der Waals surface area contributed by atoms with Gasteiger partial charge in [-0.05, 0) is 44.1 Å². The van der Waals surface area contributed by atoms with Crippen LogP contribution in [0.3, 0.4) is 0 Å². The van der Waals surface area contributed by atoms with Gasteiger partial charge in [-0.3, -0.25) is 4.90 Å². The standard InChI is InChI=1S/C33H37N11O3/c1-47-32-38-20-25(21-39-32)24-18-36-31(37-19-24)44(33(46)40-16-22-5-3-2-4-6-22)27-9-7-26(8-10-27)41-30-35-17-23(15-34)29(42-30)43-13-11-28(45)12-14-43/h2-6,17-21,26-28,45H,7-14,16H2,1H3,(H,40,46)(H,35,41,42)/t26-,27-. The van der Waals surface area contributed by atoms with E-state index in [2.05, 4.69) is 41.6 Å². The van der Waals surface area contributed by atoms with Gasteiger partial charge < -0.3 is 25.4 Å². The molecule has 1 aromatic carbocycles. The van der Waals surface area contributed by atoms with Gasteiger partial charge in [0.15, 0.2) is 5.82 Å². The van der Waals surface area contributed by atoms with Crippen molar-refractivity contribution in [2.24, 2.45) is 0 Å². The van der Waals surface area contributed by atoms with Crippen molar-refractivity contribution in [1.29, 1.82) is 5.26 Å². The van der Waals surface area contributed by atoms with E-state index in [1.165, 1.54) is 7.11 Å². The Morgan fingerprint density at radius 1 is 0.957 bits per heavy atom. The molecule has 0 unspecified atom stereocenters. The molecule has 1 aliphatic heterocycles. The first kappa shape index (κ1) is 31.6. The zero-order valence-electron chi connectivity index (χ0n) is 26.2. The summed E-state index contributed by atoms with van der Waals surface area (Å²) in [4.78, 5) is 44.0. The molecule has 47 heavy (non-hydrogen) atoms. The van der Waals surface area contributed by atoms with E-state index in [9.17, 15) is 15.2 Å². The van der Waals surface area contributed by atoms with Crippen LogP contribution in [-0.2, 0) is 6.54 Å². The maximum atomic E-state index is 13.7. The van der Waals surface area contributed by atoms with E-state index in [4.69, 9.17) is 9.72 Å². The average Bonchev–Trinajstić information content (AvgIpc) is 3.13. The van der Waals surface area contributed by atoms with Crippen LogP contribution >= 0.6 is 0 Å². The van der Waals surface area contributed by atoms with Crippen molar-refractivity contribution >= 4 is 23.7 Å². The monoisotopic (exact) mass is 635 g/mol. The summed E-state index contributed by atoms with van der Waals surface area (Å²) < 4.78 is 5.05. The first-order valence-corrected chi connectivity index (χ1v) is 15.8. The van der Waals surface area contributed by atoms with E-state index in [1.54, 1.807) is 35.9 Å². The summed E-state index contributed by atoms with van der Waals surface area (Å²) in [7, 11) is 1.51. The second kappa shape index (κ2) is 14.8. The van der Waals surface area contributed by atoms with Crippen LogP contribution in [0.4, 0.5) is 22.5 Å². The number of hydrogen-bond donors (Lipinski definition) is 3. The highest BCUT2D eigenvalue weighted by atomic mass is 16.5. The van der Waals surface area contributed by atoms with E-state index in [1.807, 2.05) is 35.2 Å². The van der Waals surface area contributed by atoms with Crippen LogP contribution in [0.5, 0.6) is 6.01 Å². The Bertz CT molecular complexity index is 1670. The molecular formula is C33H37N11O3. The van der Waals surface area contributed by atoms with E-state index in [-0.39, 0.29) is 30.2 Å². The smallest absolute Gasteiger partial charge is 0.324 e. The molecule has 1 saturated heterocycles. The molecule has 0 spiro atoms. The lowest BCUT2D eigenvalue weighted by Gasteiger charge is -2.36. The number of nitrogens with one attached hydrogen (secondary N) is 2. The lowest BCUT2D eigenvalue weighted by Crippen LogP contribution is -2.49. The van der Waals surface area contributed by atoms with Crippen molar-refractivity contribution in [2.45, 2.75) is 63.3 Å². The van der Waals surface area contributed by atoms with Crippen LogP contribution in [0, 0.1) is 11.3 Å². The molecule has 1 saturated carbocycles. The fraction of sp³-hybridized carbons (Fsp3) is 0.394. The van der Waals surface area contributed by atoms with Gasteiger partial charge in [0, 0.05) is 67.6 Å². The fourth-order valence-corrected chi connectivity index (χ4v) is 5.94. The molecule has 1 aliphatic carbocycles. The van der Waals surface area contributed by atoms with Gasteiger partial charge in [0.25, 0.3) is 0 Å². The molecule has 4 aromatic rings. The van der Waals surface area contributed by atoms with Crippen molar-refractivity contribution in [2.75, 3.05) is 35.3 Å². The van der Waals surface area contributed by atoms with Crippen LogP contribution in [0.25, 0.3) is 11.1 Å². The molecule has 2 aliphatic rings. The minimum atomic E-state index is -0.321. The van der Waals surface area contributed by atoms with Gasteiger partial charge >= 0.3 is 12.0 Å². The normalized spacial score (nSPS) is 18.2. The number of amides is 2. The minimum absolute atomic E-state index is 0.0859. The summed E-state index contributed by atoms with van der Waals surface area (Å²) in [5.74, 6) is 1.37. The van der Waals surface area contributed by atoms with Crippen LogP contribution in [-0.4, -0.2) is 79.4 Å². The number of benzene rings is 1. The number of rotatable bonds is 9. The summed E-state index contributed by atoms with van der Waals surface area (Å²) in [5, 5.41) is 26.1. The predicted molar refractivity (Wildman–Crippen MR) is 175 cm³/mol. The molecule has 4 heterocycles. The van der Waals surface area contributed by atoms with Crippen molar-refractivity contribution in [3.8, 4) is 23.2 Å². The van der Waals surface area contributed by atoms with Crippen molar-refractivity contribution < 1.29 is 14.6 Å². The number of hydrogen-bond acceptors (Lipinski definition) is 12. The van der Waals surface area contributed by atoms with E-state index in [0.717, 1.165) is 29.5 Å². The average molecular weight is 636 g/mol. The number of aliphatic hydroxyl groups is 1. The summed E-state index contributed by atoms with van der Waals surface area (Å²) in [6.07, 6.45) is 12.1. The van der Waals surface area contributed by atoms with Gasteiger partial charge in [0.1, 0.15) is 11.6 Å². The quantitative estimate of drug-likeness (QED) is 0.243. The van der Waals surface area contributed by atoms with Gasteiger partial charge in [0.05, 0.1) is 19.4 Å².